The van der Waals surface area contributed by atoms with E-state index in [0.717, 1.165) is 58.0 Å². The highest BCUT2D eigenvalue weighted by Crippen LogP contribution is 2.42. The fourth-order valence-corrected chi connectivity index (χ4v) is 6.14. The second kappa shape index (κ2) is 9.46. The first kappa shape index (κ1) is 23.0. The van der Waals surface area contributed by atoms with Crippen LogP contribution >= 0.6 is 0 Å². The number of amides is 1. The molecule has 2 bridgehead atoms. The summed E-state index contributed by atoms with van der Waals surface area (Å²) < 4.78 is 12.2. The van der Waals surface area contributed by atoms with Crippen molar-refractivity contribution in [1.29, 1.82) is 0 Å². The minimum absolute atomic E-state index is 0.113. The monoisotopic (exact) mass is 469 g/mol. The zero-order chi connectivity index (χ0) is 23.6. The summed E-state index contributed by atoms with van der Waals surface area (Å²) in [5, 5.41) is 14.5. The maximum absolute atomic E-state index is 13.5. The van der Waals surface area contributed by atoms with Gasteiger partial charge >= 0.3 is 5.97 Å². The summed E-state index contributed by atoms with van der Waals surface area (Å²) in [6, 6.07) is 5.02. The molecule has 3 aliphatic heterocycles. The van der Waals surface area contributed by atoms with E-state index in [4.69, 9.17) is 9.15 Å². The average Bonchev–Trinajstić information content (AvgIpc) is 3.40. The lowest BCUT2D eigenvalue weighted by molar-refractivity contribution is -0.939. The Morgan fingerprint density at radius 2 is 1.97 bits per heavy atom. The van der Waals surface area contributed by atoms with Gasteiger partial charge in [-0.05, 0) is 31.0 Å². The molecule has 182 valence electrons. The first-order valence-corrected chi connectivity index (χ1v) is 12.4. The van der Waals surface area contributed by atoms with Crippen LogP contribution in [0.3, 0.4) is 0 Å². The van der Waals surface area contributed by atoms with Gasteiger partial charge in [-0.2, -0.15) is 0 Å². The number of aromatic nitrogens is 2. The van der Waals surface area contributed by atoms with Crippen LogP contribution in [0, 0.1) is 11.8 Å². The number of fused-ring (bicyclic) bond motifs is 3. The molecule has 0 spiro atoms. The summed E-state index contributed by atoms with van der Waals surface area (Å²) in [6.07, 6.45) is 10.5. The van der Waals surface area contributed by atoms with E-state index in [1.54, 1.807) is 24.4 Å². The number of ether oxygens (including phenoxy) is 1. The van der Waals surface area contributed by atoms with Crippen molar-refractivity contribution in [2.45, 2.75) is 56.7 Å². The van der Waals surface area contributed by atoms with E-state index in [0.29, 0.717) is 23.4 Å². The lowest BCUT2D eigenvalue weighted by atomic mass is 9.75. The number of nitrogens with zero attached hydrogens (tertiary/aromatic N) is 3. The van der Waals surface area contributed by atoms with Crippen LogP contribution in [0.4, 0.5) is 5.82 Å². The fourth-order valence-electron chi connectivity index (χ4n) is 6.14. The van der Waals surface area contributed by atoms with Gasteiger partial charge in [-0.3, -0.25) is 4.79 Å². The Morgan fingerprint density at radius 3 is 2.65 bits per heavy atom. The Morgan fingerprint density at radius 1 is 1.18 bits per heavy atom. The van der Waals surface area contributed by atoms with Crippen molar-refractivity contribution in [2.24, 2.45) is 11.8 Å². The largest absolute Gasteiger partial charge is 0.466 e. The smallest absolute Gasteiger partial charge is 0.346 e. The van der Waals surface area contributed by atoms with Crippen LogP contribution in [0.2, 0.25) is 0 Å². The SMILES string of the molecule is O=C(C[N+]12CCC(CC1)C(OC(=O)[C@](O)(c1ccco1)C1CCCCC1)C2)Nc1ccncn1. The molecule has 6 rings (SSSR count). The third-order valence-corrected chi connectivity index (χ3v) is 8.03. The van der Waals surface area contributed by atoms with Gasteiger partial charge < -0.3 is 24.1 Å². The summed E-state index contributed by atoms with van der Waals surface area (Å²) in [6.45, 7) is 2.63. The lowest BCUT2D eigenvalue weighted by Crippen LogP contribution is -2.66. The van der Waals surface area contributed by atoms with Crippen LogP contribution in [0.25, 0.3) is 0 Å². The van der Waals surface area contributed by atoms with Crippen LogP contribution in [-0.4, -0.2) is 63.7 Å². The van der Waals surface area contributed by atoms with Crippen LogP contribution in [-0.2, 0) is 19.9 Å². The minimum Gasteiger partial charge on any atom is -0.466 e. The zero-order valence-corrected chi connectivity index (χ0v) is 19.4. The van der Waals surface area contributed by atoms with Crippen LogP contribution in [0.5, 0.6) is 0 Å². The summed E-state index contributed by atoms with van der Waals surface area (Å²) in [4.78, 5) is 34.2. The molecule has 34 heavy (non-hydrogen) atoms. The predicted octanol–water partition coefficient (Wildman–Crippen LogP) is 2.63. The van der Waals surface area contributed by atoms with Gasteiger partial charge in [0.05, 0.1) is 19.4 Å². The second-order valence-electron chi connectivity index (χ2n) is 10.1. The number of nitrogens with one attached hydrogen (secondary N) is 1. The van der Waals surface area contributed by atoms with Crippen molar-refractivity contribution in [3.63, 3.8) is 0 Å². The van der Waals surface area contributed by atoms with E-state index in [1.165, 1.54) is 12.6 Å². The summed E-state index contributed by atoms with van der Waals surface area (Å²) in [7, 11) is 0. The molecule has 9 heteroatoms. The van der Waals surface area contributed by atoms with Gasteiger partial charge in [-0.15, -0.1) is 0 Å². The maximum Gasteiger partial charge on any atom is 0.346 e. The third kappa shape index (κ3) is 4.46. The Kier molecular flexibility index (Phi) is 6.40. The molecule has 1 unspecified atom stereocenters. The molecule has 1 amide bonds. The zero-order valence-electron chi connectivity index (χ0n) is 19.4. The highest BCUT2D eigenvalue weighted by atomic mass is 16.6. The molecule has 4 aliphatic rings. The first-order chi connectivity index (χ1) is 16.5. The van der Waals surface area contributed by atoms with Gasteiger partial charge in [-0.25, -0.2) is 14.8 Å². The molecule has 1 aliphatic carbocycles. The van der Waals surface area contributed by atoms with E-state index < -0.39 is 11.6 Å². The number of quaternary nitrogens is 1. The van der Waals surface area contributed by atoms with Crippen molar-refractivity contribution in [2.75, 3.05) is 31.5 Å². The number of carbonyl (C=O) groups excluding carboxylic acids is 2. The molecule has 1 saturated carbocycles. The Labute approximate surface area is 199 Å². The van der Waals surface area contributed by atoms with Crippen molar-refractivity contribution >= 4 is 17.7 Å². The number of esters is 1. The number of aliphatic hydroxyl groups is 1. The van der Waals surface area contributed by atoms with Crippen molar-refractivity contribution in [3.8, 4) is 0 Å². The van der Waals surface area contributed by atoms with Crippen LogP contribution in [0.1, 0.15) is 50.7 Å². The van der Waals surface area contributed by atoms with Crippen LogP contribution < -0.4 is 5.32 Å². The summed E-state index contributed by atoms with van der Waals surface area (Å²) >= 11 is 0. The van der Waals surface area contributed by atoms with Crippen molar-refractivity contribution in [3.05, 3.63) is 42.7 Å². The molecule has 2 aromatic rings. The Hall–Kier alpha value is -2.78. The average molecular weight is 470 g/mol. The number of piperidine rings is 3. The van der Waals surface area contributed by atoms with Crippen LogP contribution in [0.15, 0.2) is 41.4 Å². The second-order valence-corrected chi connectivity index (χ2v) is 10.1. The first-order valence-electron chi connectivity index (χ1n) is 12.4. The highest BCUT2D eigenvalue weighted by Gasteiger charge is 2.54. The van der Waals surface area contributed by atoms with Gasteiger partial charge in [0.2, 0.25) is 5.60 Å². The molecule has 5 heterocycles. The molecule has 4 fully saturated rings. The third-order valence-electron chi connectivity index (χ3n) is 8.03. The molecule has 3 saturated heterocycles. The summed E-state index contributed by atoms with van der Waals surface area (Å²) in [5.41, 5.74) is -1.77. The molecule has 2 N–H and O–H groups in total. The maximum atomic E-state index is 13.5. The van der Waals surface area contributed by atoms with Gasteiger partial charge in [0.25, 0.3) is 5.91 Å². The Bertz CT molecular complexity index is 984. The predicted molar refractivity (Wildman–Crippen MR) is 122 cm³/mol. The number of carbonyl (C=O) groups is 2. The topological polar surface area (TPSA) is 115 Å². The standard InChI is InChI=1S/C25H32N4O5/c30-23(28-22-8-11-26-17-27-22)16-29-12-9-18(10-13-29)20(15-29)34-24(31)25(32,21-7-4-14-33-21)19-5-2-1-3-6-19/h4,7-8,11,14,17-20,32H,1-3,5-6,9-10,12-13,15-16H2/p+1/t18?,20?,25-,29?/m1/s1. The lowest BCUT2D eigenvalue weighted by Gasteiger charge is -2.51. The number of furan rings is 1. The molecular formula is C25H33N4O5+. The number of hydrogen-bond donors (Lipinski definition) is 2. The minimum atomic E-state index is -1.77. The van der Waals surface area contributed by atoms with E-state index in [2.05, 4.69) is 15.3 Å². The van der Waals surface area contributed by atoms with Gasteiger partial charge in [0, 0.05) is 30.9 Å². The Balaban J connectivity index is 1.29. The van der Waals surface area contributed by atoms with Gasteiger partial charge in [0.15, 0.2) is 12.6 Å². The molecule has 2 aromatic heterocycles. The van der Waals surface area contributed by atoms with Crippen molar-refractivity contribution in [1.82, 2.24) is 9.97 Å². The molecule has 2 atom stereocenters. The summed E-state index contributed by atoms with van der Waals surface area (Å²) in [5.74, 6) is 0.0434. The normalized spacial score (nSPS) is 28.7. The molecule has 0 radical (unpaired) electrons. The number of rotatable bonds is 7. The van der Waals surface area contributed by atoms with Gasteiger partial charge in [0.1, 0.15) is 24.5 Å². The molecular weight excluding hydrogens is 436 g/mol. The number of anilines is 1. The fraction of sp³-hybridized carbons (Fsp3) is 0.600. The van der Waals surface area contributed by atoms with Gasteiger partial charge in [-0.1, -0.05) is 19.3 Å². The number of hydrogen-bond acceptors (Lipinski definition) is 7. The van der Waals surface area contributed by atoms with E-state index >= 15 is 0 Å². The van der Waals surface area contributed by atoms with E-state index in [9.17, 15) is 14.7 Å². The quantitative estimate of drug-likeness (QED) is 0.473. The van der Waals surface area contributed by atoms with E-state index in [1.807, 2.05) is 0 Å². The van der Waals surface area contributed by atoms with E-state index in [-0.39, 0.29) is 29.6 Å². The van der Waals surface area contributed by atoms with Crippen molar-refractivity contribution < 1.29 is 28.3 Å². The highest BCUT2D eigenvalue weighted by molar-refractivity contribution is 5.90. The molecule has 9 nitrogen and oxygen atoms in total. The molecule has 0 aromatic carbocycles.